The number of hydrogen-bond acceptors (Lipinski definition) is 4. The molecule has 2 fully saturated rings. The van der Waals surface area contributed by atoms with Crippen molar-refractivity contribution in [1.29, 1.82) is 0 Å². The Morgan fingerprint density at radius 2 is 1.59 bits per heavy atom. The van der Waals surface area contributed by atoms with Gasteiger partial charge in [0, 0.05) is 38.8 Å². The average molecular weight is 430 g/mol. The number of amides is 3. The van der Waals surface area contributed by atoms with Gasteiger partial charge in [-0.2, -0.15) is 5.10 Å². The van der Waals surface area contributed by atoms with Gasteiger partial charge in [0.1, 0.15) is 5.54 Å². The molecule has 2 aliphatic heterocycles. The SMILES string of the molecule is CN1C(=O)N(Cc2ccccc2)C2(CCN(Cc3cn[nH]c3-c3ccccc3)CC2)C1=O. The van der Waals surface area contributed by atoms with E-state index in [1.165, 1.54) is 4.90 Å². The molecule has 1 aromatic heterocycles. The number of carbonyl (C=O) groups excluding carboxylic acids is 2. The first-order valence-corrected chi connectivity index (χ1v) is 11.0. The number of hydrogen-bond donors (Lipinski definition) is 1. The molecule has 0 unspecified atom stereocenters. The highest BCUT2D eigenvalue weighted by atomic mass is 16.2. The minimum atomic E-state index is -0.753. The van der Waals surface area contributed by atoms with Crippen LogP contribution in [0.15, 0.2) is 66.9 Å². The average Bonchev–Trinajstić information content (AvgIpc) is 3.36. The number of aromatic amines is 1. The van der Waals surface area contributed by atoms with Gasteiger partial charge in [0.2, 0.25) is 0 Å². The number of likely N-dealkylation sites (tertiary alicyclic amines) is 1. The molecule has 1 N–H and O–H groups in total. The molecule has 0 radical (unpaired) electrons. The quantitative estimate of drug-likeness (QED) is 0.630. The van der Waals surface area contributed by atoms with Crippen molar-refractivity contribution < 1.29 is 9.59 Å². The monoisotopic (exact) mass is 429 g/mol. The summed E-state index contributed by atoms with van der Waals surface area (Å²) in [6, 6.07) is 19.9. The van der Waals surface area contributed by atoms with Crippen LogP contribution in [0, 0.1) is 0 Å². The number of piperidine rings is 1. The molecule has 7 heteroatoms. The van der Waals surface area contributed by atoms with E-state index in [0.717, 1.165) is 42.0 Å². The topological polar surface area (TPSA) is 72.5 Å². The van der Waals surface area contributed by atoms with Crippen LogP contribution in [0.1, 0.15) is 24.0 Å². The summed E-state index contributed by atoms with van der Waals surface area (Å²) in [5, 5.41) is 7.38. The fourth-order valence-electron chi connectivity index (χ4n) is 4.96. The summed E-state index contributed by atoms with van der Waals surface area (Å²) in [7, 11) is 1.60. The van der Waals surface area contributed by atoms with Crippen molar-refractivity contribution in [1.82, 2.24) is 24.9 Å². The largest absolute Gasteiger partial charge is 0.327 e. The fourth-order valence-corrected chi connectivity index (χ4v) is 4.96. The van der Waals surface area contributed by atoms with Gasteiger partial charge in [-0.1, -0.05) is 60.7 Å². The zero-order valence-corrected chi connectivity index (χ0v) is 18.2. The first kappa shape index (κ1) is 20.5. The zero-order valence-electron chi connectivity index (χ0n) is 18.2. The van der Waals surface area contributed by atoms with Crippen LogP contribution < -0.4 is 0 Å². The predicted octanol–water partition coefficient (Wildman–Crippen LogP) is 3.51. The number of benzene rings is 2. The van der Waals surface area contributed by atoms with Crippen molar-refractivity contribution in [3.05, 3.63) is 78.0 Å². The molecule has 3 aromatic rings. The number of likely N-dealkylation sites (N-methyl/N-ethyl adjacent to an activating group) is 1. The van der Waals surface area contributed by atoms with Crippen LogP contribution in [0.25, 0.3) is 11.3 Å². The van der Waals surface area contributed by atoms with Gasteiger partial charge in [0.05, 0.1) is 11.9 Å². The summed E-state index contributed by atoms with van der Waals surface area (Å²) in [4.78, 5) is 31.6. The van der Waals surface area contributed by atoms with Crippen molar-refractivity contribution in [3.63, 3.8) is 0 Å². The highest BCUT2D eigenvalue weighted by Gasteiger charge is 2.56. The Kier molecular flexibility index (Phi) is 5.27. The van der Waals surface area contributed by atoms with Crippen molar-refractivity contribution in [2.24, 2.45) is 0 Å². The van der Waals surface area contributed by atoms with E-state index >= 15 is 0 Å². The van der Waals surface area contributed by atoms with Gasteiger partial charge >= 0.3 is 6.03 Å². The van der Waals surface area contributed by atoms with Crippen LogP contribution in [-0.2, 0) is 17.9 Å². The van der Waals surface area contributed by atoms with E-state index in [1.54, 1.807) is 11.9 Å². The van der Waals surface area contributed by atoms with E-state index < -0.39 is 5.54 Å². The van der Waals surface area contributed by atoms with Gasteiger partial charge < -0.3 is 4.90 Å². The zero-order chi connectivity index (χ0) is 22.1. The molecule has 5 rings (SSSR count). The minimum absolute atomic E-state index is 0.0774. The molecule has 3 amide bonds. The molecular weight excluding hydrogens is 402 g/mol. The molecule has 1 spiro atoms. The Morgan fingerprint density at radius 3 is 2.28 bits per heavy atom. The number of urea groups is 1. The number of nitrogens with zero attached hydrogens (tertiary/aromatic N) is 4. The number of carbonyl (C=O) groups is 2. The Balaban J connectivity index is 1.32. The van der Waals surface area contributed by atoms with E-state index in [4.69, 9.17) is 0 Å². The van der Waals surface area contributed by atoms with Crippen molar-refractivity contribution in [3.8, 4) is 11.3 Å². The lowest BCUT2D eigenvalue weighted by Gasteiger charge is -2.42. The van der Waals surface area contributed by atoms with Crippen LogP contribution in [0.2, 0.25) is 0 Å². The fraction of sp³-hybridized carbons (Fsp3) is 0.320. The Bertz CT molecular complexity index is 1100. The highest BCUT2D eigenvalue weighted by Crippen LogP contribution is 2.38. The number of imide groups is 1. The first-order chi connectivity index (χ1) is 15.6. The molecular formula is C25H27N5O2. The molecule has 164 valence electrons. The number of aromatic nitrogens is 2. The summed E-state index contributed by atoms with van der Waals surface area (Å²) >= 11 is 0. The molecule has 0 atom stereocenters. The third-order valence-electron chi connectivity index (χ3n) is 6.78. The van der Waals surface area contributed by atoms with Gasteiger partial charge in [-0.15, -0.1) is 0 Å². The minimum Gasteiger partial charge on any atom is -0.305 e. The Morgan fingerprint density at radius 1 is 0.938 bits per heavy atom. The third kappa shape index (κ3) is 3.48. The number of H-pyrrole nitrogens is 1. The molecule has 0 aliphatic carbocycles. The van der Waals surface area contributed by atoms with Crippen LogP contribution in [0.5, 0.6) is 0 Å². The van der Waals surface area contributed by atoms with E-state index in [2.05, 4.69) is 27.2 Å². The Labute approximate surface area is 187 Å². The number of nitrogens with one attached hydrogen (secondary N) is 1. The van der Waals surface area contributed by atoms with Crippen molar-refractivity contribution in [2.45, 2.75) is 31.5 Å². The van der Waals surface area contributed by atoms with Crippen LogP contribution >= 0.6 is 0 Å². The summed E-state index contributed by atoms with van der Waals surface area (Å²) in [6.07, 6.45) is 3.15. The highest BCUT2D eigenvalue weighted by molar-refractivity contribution is 6.06. The van der Waals surface area contributed by atoms with Gasteiger partial charge in [0.25, 0.3) is 5.91 Å². The van der Waals surface area contributed by atoms with E-state index in [0.29, 0.717) is 19.4 Å². The lowest BCUT2D eigenvalue weighted by molar-refractivity contribution is -0.135. The third-order valence-corrected chi connectivity index (χ3v) is 6.78. The molecule has 2 aliphatic rings. The molecule has 2 saturated heterocycles. The van der Waals surface area contributed by atoms with Gasteiger partial charge in [-0.3, -0.25) is 19.7 Å². The summed E-state index contributed by atoms with van der Waals surface area (Å²) < 4.78 is 0. The lowest BCUT2D eigenvalue weighted by atomic mass is 9.85. The Hall–Kier alpha value is -3.45. The standard InChI is InChI=1S/C25H27N5O2/c1-28-23(31)25(30(24(28)32)17-19-8-4-2-5-9-19)12-14-29(15-13-25)18-21-16-26-27-22(21)20-10-6-3-7-11-20/h2-11,16H,12-15,17-18H2,1H3,(H,26,27). The van der Waals surface area contributed by atoms with E-state index in [9.17, 15) is 9.59 Å². The molecule has 32 heavy (non-hydrogen) atoms. The van der Waals surface area contributed by atoms with Gasteiger partial charge in [0.15, 0.2) is 0 Å². The van der Waals surface area contributed by atoms with E-state index in [1.807, 2.05) is 54.7 Å². The molecule has 0 saturated carbocycles. The number of rotatable bonds is 5. The first-order valence-electron chi connectivity index (χ1n) is 11.0. The van der Waals surface area contributed by atoms with Crippen LogP contribution in [0.4, 0.5) is 4.79 Å². The van der Waals surface area contributed by atoms with E-state index in [-0.39, 0.29) is 11.9 Å². The second-order valence-electron chi connectivity index (χ2n) is 8.66. The van der Waals surface area contributed by atoms with Crippen molar-refractivity contribution >= 4 is 11.9 Å². The normalized spacial score (nSPS) is 18.7. The van der Waals surface area contributed by atoms with Gasteiger partial charge in [-0.05, 0) is 24.0 Å². The predicted molar refractivity (Wildman–Crippen MR) is 121 cm³/mol. The maximum absolute atomic E-state index is 13.2. The molecule has 0 bridgehead atoms. The van der Waals surface area contributed by atoms with Gasteiger partial charge in [-0.25, -0.2) is 4.79 Å². The molecule has 2 aromatic carbocycles. The summed E-state index contributed by atoms with van der Waals surface area (Å²) in [6.45, 7) is 2.71. The summed E-state index contributed by atoms with van der Waals surface area (Å²) in [5.41, 5.74) is 3.57. The smallest absolute Gasteiger partial charge is 0.305 e. The van der Waals surface area contributed by atoms with Crippen molar-refractivity contribution in [2.75, 3.05) is 20.1 Å². The van der Waals surface area contributed by atoms with Crippen LogP contribution in [-0.4, -0.2) is 62.5 Å². The lowest BCUT2D eigenvalue weighted by Crippen LogP contribution is -2.56. The maximum atomic E-state index is 13.2. The molecule has 7 nitrogen and oxygen atoms in total. The summed E-state index contributed by atoms with van der Waals surface area (Å²) in [5.74, 6) is -0.0774. The second-order valence-corrected chi connectivity index (χ2v) is 8.66. The second kappa shape index (κ2) is 8.24. The maximum Gasteiger partial charge on any atom is 0.327 e. The molecule has 3 heterocycles. The van der Waals surface area contributed by atoms with Crippen LogP contribution in [0.3, 0.4) is 0 Å².